The van der Waals surface area contributed by atoms with Crippen LogP contribution in [0.3, 0.4) is 0 Å². The summed E-state index contributed by atoms with van der Waals surface area (Å²) < 4.78 is 5.06. The Morgan fingerprint density at radius 3 is 2.05 bits per heavy atom. The molecule has 0 saturated carbocycles. The Kier molecular flexibility index (Phi) is 4.84. The van der Waals surface area contributed by atoms with E-state index in [0.29, 0.717) is 28.1 Å². The average molecular weight is 340 g/mol. The topological polar surface area (TPSA) is 58.6 Å². The zero-order valence-corrected chi connectivity index (χ0v) is 13.8. The average Bonchev–Trinajstić information content (AvgIpc) is 2.55. The number of carbonyl (C=O) groups is 1. The molecule has 0 fully saturated rings. The van der Waals surface area contributed by atoms with Gasteiger partial charge in [-0.3, -0.25) is 4.79 Å². The molecular formula is C16H15Cl2NO3. The van der Waals surface area contributed by atoms with E-state index in [4.69, 9.17) is 27.9 Å². The van der Waals surface area contributed by atoms with Gasteiger partial charge in [0, 0.05) is 5.56 Å². The first-order chi connectivity index (χ1) is 10.4. The van der Waals surface area contributed by atoms with Crippen molar-refractivity contribution in [2.24, 2.45) is 0 Å². The van der Waals surface area contributed by atoms with E-state index in [1.807, 2.05) is 0 Å². The van der Waals surface area contributed by atoms with Gasteiger partial charge in [-0.15, -0.1) is 0 Å². The smallest absolute Gasteiger partial charge is 0.255 e. The molecule has 22 heavy (non-hydrogen) atoms. The molecule has 0 radical (unpaired) electrons. The van der Waals surface area contributed by atoms with Crippen molar-refractivity contribution >= 4 is 34.8 Å². The molecule has 0 aliphatic heterocycles. The summed E-state index contributed by atoms with van der Waals surface area (Å²) in [5.74, 6) is 0.187. The number of anilines is 1. The van der Waals surface area contributed by atoms with Gasteiger partial charge in [0.15, 0.2) is 5.75 Å². The van der Waals surface area contributed by atoms with Crippen LogP contribution < -0.4 is 10.1 Å². The number of benzene rings is 2. The second kappa shape index (κ2) is 6.46. The summed E-state index contributed by atoms with van der Waals surface area (Å²) in [4.78, 5) is 12.3. The molecule has 1 amide bonds. The van der Waals surface area contributed by atoms with E-state index in [9.17, 15) is 9.90 Å². The number of hydrogen-bond donors (Lipinski definition) is 2. The molecule has 0 heterocycles. The molecule has 0 spiro atoms. The van der Waals surface area contributed by atoms with E-state index < -0.39 is 0 Å². The molecule has 2 N–H and O–H groups in total. The van der Waals surface area contributed by atoms with Crippen molar-refractivity contribution in [1.29, 1.82) is 0 Å². The maximum Gasteiger partial charge on any atom is 0.255 e. The summed E-state index contributed by atoms with van der Waals surface area (Å²) in [6.07, 6.45) is 0. The van der Waals surface area contributed by atoms with Crippen LogP contribution in [0.2, 0.25) is 10.0 Å². The number of phenolic OH excluding ortho intramolecular Hbond substituents is 1. The van der Waals surface area contributed by atoms with Crippen molar-refractivity contribution in [3.8, 4) is 11.5 Å². The number of nitrogens with one attached hydrogen (secondary N) is 1. The van der Waals surface area contributed by atoms with Crippen molar-refractivity contribution < 1.29 is 14.6 Å². The quantitative estimate of drug-likeness (QED) is 0.805. The Balaban J connectivity index is 2.36. The Hall–Kier alpha value is -1.91. The first-order valence-corrected chi connectivity index (χ1v) is 7.25. The molecule has 2 aromatic rings. The first kappa shape index (κ1) is 16.5. The number of amides is 1. The lowest BCUT2D eigenvalue weighted by atomic mass is 10.1. The maximum absolute atomic E-state index is 12.3. The Bertz CT molecular complexity index is 698. The molecule has 116 valence electrons. The predicted molar refractivity (Wildman–Crippen MR) is 88.5 cm³/mol. The van der Waals surface area contributed by atoms with Crippen molar-refractivity contribution in [2.75, 3.05) is 12.4 Å². The fourth-order valence-corrected chi connectivity index (χ4v) is 2.49. The summed E-state index contributed by atoms with van der Waals surface area (Å²) in [6.45, 7) is 3.41. The number of halogens is 2. The van der Waals surface area contributed by atoms with E-state index in [1.165, 1.54) is 0 Å². The third kappa shape index (κ3) is 2.98. The van der Waals surface area contributed by atoms with Crippen LogP contribution >= 0.6 is 23.2 Å². The van der Waals surface area contributed by atoms with Crippen LogP contribution in [0.15, 0.2) is 24.3 Å². The van der Waals surface area contributed by atoms with E-state index in [2.05, 4.69) is 5.32 Å². The predicted octanol–water partition coefficient (Wildman–Crippen LogP) is 4.58. The second-order valence-corrected chi connectivity index (χ2v) is 5.54. The SMILES string of the molecule is COc1ccc(C(=O)Nc2c(C)c(Cl)c(O)c(Cl)c2C)cc1. The Morgan fingerprint density at radius 1 is 1.09 bits per heavy atom. The van der Waals surface area contributed by atoms with Crippen LogP contribution in [0.5, 0.6) is 11.5 Å². The first-order valence-electron chi connectivity index (χ1n) is 6.49. The highest BCUT2D eigenvalue weighted by molar-refractivity contribution is 6.39. The number of phenols is 1. The molecule has 0 saturated heterocycles. The van der Waals surface area contributed by atoms with Gasteiger partial charge in [-0.25, -0.2) is 0 Å². The second-order valence-electron chi connectivity index (χ2n) is 4.78. The molecule has 0 bridgehead atoms. The molecule has 0 atom stereocenters. The third-order valence-corrected chi connectivity index (χ3v) is 4.34. The van der Waals surface area contributed by atoms with Crippen LogP contribution in [0, 0.1) is 13.8 Å². The van der Waals surface area contributed by atoms with Gasteiger partial charge in [0.1, 0.15) is 5.75 Å². The highest BCUT2D eigenvalue weighted by atomic mass is 35.5. The summed E-state index contributed by atoms with van der Waals surface area (Å²) in [7, 11) is 1.56. The summed E-state index contributed by atoms with van der Waals surface area (Å²) in [5, 5.41) is 12.8. The maximum atomic E-state index is 12.3. The Labute approximate surface area is 138 Å². The molecular weight excluding hydrogens is 325 g/mol. The van der Waals surface area contributed by atoms with Gasteiger partial charge in [0.25, 0.3) is 5.91 Å². The standard InChI is InChI=1S/C16H15Cl2NO3/c1-8-12(17)15(20)13(18)9(2)14(8)19-16(21)10-4-6-11(22-3)7-5-10/h4-7,20H,1-3H3,(H,19,21). The van der Waals surface area contributed by atoms with Gasteiger partial charge in [0.2, 0.25) is 0 Å². The van der Waals surface area contributed by atoms with Crippen molar-refractivity contribution in [3.05, 3.63) is 51.0 Å². The monoisotopic (exact) mass is 339 g/mol. The molecule has 4 nitrogen and oxygen atoms in total. The van der Waals surface area contributed by atoms with Crippen molar-refractivity contribution in [2.45, 2.75) is 13.8 Å². The van der Waals surface area contributed by atoms with Crippen molar-refractivity contribution in [1.82, 2.24) is 0 Å². The molecule has 2 rings (SSSR count). The fraction of sp³-hybridized carbons (Fsp3) is 0.188. The highest BCUT2D eigenvalue weighted by Crippen LogP contribution is 2.42. The molecule has 0 aliphatic rings. The van der Waals surface area contributed by atoms with Gasteiger partial charge in [-0.1, -0.05) is 23.2 Å². The summed E-state index contributed by atoms with van der Waals surface area (Å²) in [6, 6.07) is 6.71. The molecule has 0 aliphatic carbocycles. The van der Waals surface area contributed by atoms with Crippen LogP contribution in [-0.2, 0) is 0 Å². The van der Waals surface area contributed by atoms with Gasteiger partial charge < -0.3 is 15.2 Å². The third-order valence-electron chi connectivity index (χ3n) is 3.42. The number of ether oxygens (including phenoxy) is 1. The number of rotatable bonds is 3. The minimum Gasteiger partial charge on any atom is -0.505 e. The lowest BCUT2D eigenvalue weighted by Crippen LogP contribution is -2.14. The van der Waals surface area contributed by atoms with Crippen molar-refractivity contribution in [3.63, 3.8) is 0 Å². The molecule has 0 aromatic heterocycles. The lowest BCUT2D eigenvalue weighted by molar-refractivity contribution is 0.102. The van der Waals surface area contributed by atoms with Crippen LogP contribution in [0.1, 0.15) is 21.5 Å². The highest BCUT2D eigenvalue weighted by Gasteiger charge is 2.19. The Morgan fingerprint density at radius 2 is 1.59 bits per heavy atom. The number of carbonyl (C=O) groups excluding carboxylic acids is 1. The molecule has 6 heteroatoms. The van der Waals surface area contributed by atoms with Gasteiger partial charge in [-0.05, 0) is 49.2 Å². The zero-order valence-electron chi connectivity index (χ0n) is 12.3. The molecule has 2 aromatic carbocycles. The minimum atomic E-state index is -0.299. The van der Waals surface area contributed by atoms with Crippen LogP contribution in [-0.4, -0.2) is 18.1 Å². The van der Waals surface area contributed by atoms with Gasteiger partial charge >= 0.3 is 0 Å². The minimum absolute atomic E-state index is 0.126. The van der Waals surface area contributed by atoms with Gasteiger partial charge in [0.05, 0.1) is 22.8 Å². The van der Waals surface area contributed by atoms with Gasteiger partial charge in [-0.2, -0.15) is 0 Å². The van der Waals surface area contributed by atoms with E-state index in [1.54, 1.807) is 45.2 Å². The largest absolute Gasteiger partial charge is 0.505 e. The fourth-order valence-electron chi connectivity index (χ4n) is 2.07. The normalized spacial score (nSPS) is 10.4. The number of methoxy groups -OCH3 is 1. The molecule has 0 unspecified atom stereocenters. The number of hydrogen-bond acceptors (Lipinski definition) is 3. The number of aromatic hydroxyl groups is 1. The summed E-state index contributed by atoms with van der Waals surface area (Å²) in [5.41, 5.74) is 2.08. The van der Waals surface area contributed by atoms with E-state index in [-0.39, 0.29) is 21.7 Å². The van der Waals surface area contributed by atoms with Crippen LogP contribution in [0.25, 0.3) is 0 Å². The zero-order chi connectivity index (χ0) is 16.4. The van der Waals surface area contributed by atoms with E-state index >= 15 is 0 Å². The lowest BCUT2D eigenvalue weighted by Gasteiger charge is -2.16. The van der Waals surface area contributed by atoms with E-state index in [0.717, 1.165) is 0 Å². The summed E-state index contributed by atoms with van der Waals surface area (Å²) >= 11 is 12.1. The van der Waals surface area contributed by atoms with Crippen LogP contribution in [0.4, 0.5) is 5.69 Å².